The van der Waals surface area contributed by atoms with Crippen molar-refractivity contribution in [2.75, 3.05) is 20.1 Å². The fourth-order valence-corrected chi connectivity index (χ4v) is 4.64. The normalized spacial score (nSPS) is 21.7. The number of hydrogen-bond donors (Lipinski definition) is 2. The number of likely N-dealkylation sites (N-methyl/N-ethyl adjacent to an activating group) is 1. The highest BCUT2D eigenvalue weighted by atomic mass is 32.2. The van der Waals surface area contributed by atoms with Crippen molar-refractivity contribution in [3.63, 3.8) is 0 Å². The van der Waals surface area contributed by atoms with Gasteiger partial charge in [-0.3, -0.25) is 0 Å². The van der Waals surface area contributed by atoms with Crippen molar-refractivity contribution in [1.82, 2.24) is 9.62 Å². The van der Waals surface area contributed by atoms with Gasteiger partial charge in [-0.1, -0.05) is 6.42 Å². The summed E-state index contributed by atoms with van der Waals surface area (Å²) in [6.07, 6.45) is 3.43. The summed E-state index contributed by atoms with van der Waals surface area (Å²) in [4.78, 5) is 3.11. The topological polar surface area (TPSA) is 75.4 Å². The highest BCUT2D eigenvalue weighted by molar-refractivity contribution is 7.91. The first-order valence-electron chi connectivity index (χ1n) is 6.51. The van der Waals surface area contributed by atoms with E-state index in [4.69, 9.17) is 5.73 Å². The zero-order valence-electron chi connectivity index (χ0n) is 11.1. The van der Waals surface area contributed by atoms with Gasteiger partial charge in [0.15, 0.2) is 0 Å². The molecule has 1 aliphatic heterocycles. The molecule has 7 heteroatoms. The van der Waals surface area contributed by atoms with E-state index >= 15 is 0 Å². The van der Waals surface area contributed by atoms with Gasteiger partial charge in [0.1, 0.15) is 4.21 Å². The fourth-order valence-electron chi connectivity index (χ4n) is 2.29. The van der Waals surface area contributed by atoms with Gasteiger partial charge < -0.3 is 10.6 Å². The maximum Gasteiger partial charge on any atom is 0.250 e. The van der Waals surface area contributed by atoms with E-state index in [1.54, 1.807) is 12.1 Å². The van der Waals surface area contributed by atoms with Crippen LogP contribution in [0.15, 0.2) is 16.3 Å². The second kappa shape index (κ2) is 6.32. The summed E-state index contributed by atoms with van der Waals surface area (Å²) in [7, 11) is -1.33. The summed E-state index contributed by atoms with van der Waals surface area (Å²) in [5, 5.41) is 0. The number of nitrogens with one attached hydrogen (secondary N) is 1. The molecule has 1 aliphatic rings. The number of thiophene rings is 1. The molecule has 0 amide bonds. The molecule has 0 saturated carbocycles. The van der Waals surface area contributed by atoms with Crippen molar-refractivity contribution >= 4 is 21.4 Å². The summed E-state index contributed by atoms with van der Waals surface area (Å²) in [5.41, 5.74) is 5.50. The Bertz CT molecular complexity index is 513. The third kappa shape index (κ3) is 3.76. The minimum absolute atomic E-state index is 0.303. The van der Waals surface area contributed by atoms with Gasteiger partial charge in [-0.2, -0.15) is 0 Å². The third-order valence-corrected chi connectivity index (χ3v) is 6.56. The number of piperidine rings is 1. The Morgan fingerprint density at radius 3 is 2.89 bits per heavy atom. The standard InChI is InChI=1S/C12H21N3O2S2/c1-15-7-3-2-4-10(15)9-14-19(16,17)12-6-5-11(8-13)18-12/h5-6,10,14H,2-4,7-9,13H2,1H3. The first-order valence-corrected chi connectivity index (χ1v) is 8.81. The number of likely N-dealkylation sites (tertiary alicyclic amines) is 1. The van der Waals surface area contributed by atoms with Crippen LogP contribution in [0.25, 0.3) is 0 Å². The summed E-state index contributed by atoms with van der Waals surface area (Å²) >= 11 is 1.24. The molecule has 0 bridgehead atoms. The molecule has 1 fully saturated rings. The maximum absolute atomic E-state index is 12.2. The van der Waals surface area contributed by atoms with Crippen molar-refractivity contribution in [3.05, 3.63) is 17.0 Å². The first-order chi connectivity index (χ1) is 9.03. The van der Waals surface area contributed by atoms with Crippen molar-refractivity contribution in [3.8, 4) is 0 Å². The lowest BCUT2D eigenvalue weighted by atomic mass is 10.0. The van der Waals surface area contributed by atoms with Gasteiger partial charge >= 0.3 is 0 Å². The van der Waals surface area contributed by atoms with Crippen molar-refractivity contribution in [1.29, 1.82) is 0 Å². The summed E-state index contributed by atoms with van der Waals surface area (Å²) in [5.74, 6) is 0. The van der Waals surface area contributed by atoms with Gasteiger partial charge in [-0.15, -0.1) is 11.3 Å². The minimum Gasteiger partial charge on any atom is -0.326 e. The molecule has 1 unspecified atom stereocenters. The Balaban J connectivity index is 1.97. The summed E-state index contributed by atoms with van der Waals surface area (Å²) in [6.45, 7) is 1.91. The molecule has 2 rings (SSSR count). The molecule has 3 N–H and O–H groups in total. The Kier molecular flexibility index (Phi) is 4.97. The average molecular weight is 303 g/mol. The molecule has 108 valence electrons. The first kappa shape index (κ1) is 14.9. The van der Waals surface area contributed by atoms with Crippen LogP contribution in [0.5, 0.6) is 0 Å². The quantitative estimate of drug-likeness (QED) is 0.850. The van der Waals surface area contributed by atoms with Crippen molar-refractivity contribution in [2.45, 2.75) is 36.1 Å². The van der Waals surface area contributed by atoms with E-state index in [1.165, 1.54) is 24.2 Å². The fraction of sp³-hybridized carbons (Fsp3) is 0.667. The number of hydrogen-bond acceptors (Lipinski definition) is 5. The Morgan fingerprint density at radius 1 is 1.47 bits per heavy atom. The number of rotatable bonds is 5. The summed E-state index contributed by atoms with van der Waals surface area (Å²) < 4.78 is 27.4. The maximum atomic E-state index is 12.2. The van der Waals surface area contributed by atoms with Gasteiger partial charge in [0, 0.05) is 24.0 Å². The van der Waals surface area contributed by atoms with Gasteiger partial charge in [-0.05, 0) is 38.6 Å². The number of sulfonamides is 1. The molecule has 0 aromatic carbocycles. The Labute approximate surface area is 118 Å². The second-order valence-corrected chi connectivity index (χ2v) is 8.07. The highest BCUT2D eigenvalue weighted by Gasteiger charge is 2.22. The molecular weight excluding hydrogens is 282 g/mol. The van der Waals surface area contributed by atoms with Crippen LogP contribution >= 0.6 is 11.3 Å². The molecule has 0 aliphatic carbocycles. The highest BCUT2D eigenvalue weighted by Crippen LogP contribution is 2.21. The van der Waals surface area contributed by atoms with Crippen LogP contribution in [0.4, 0.5) is 0 Å². The van der Waals surface area contributed by atoms with Gasteiger partial charge in [0.05, 0.1) is 0 Å². The molecule has 2 heterocycles. The molecule has 19 heavy (non-hydrogen) atoms. The van der Waals surface area contributed by atoms with E-state index < -0.39 is 10.0 Å². The van der Waals surface area contributed by atoms with Crippen LogP contribution in [-0.2, 0) is 16.6 Å². The largest absolute Gasteiger partial charge is 0.326 e. The minimum atomic E-state index is -3.39. The van der Waals surface area contributed by atoms with Crippen molar-refractivity contribution < 1.29 is 8.42 Å². The Hall–Kier alpha value is -0.470. The van der Waals surface area contributed by atoms with Crippen LogP contribution in [0.2, 0.25) is 0 Å². The molecule has 1 aromatic heterocycles. The smallest absolute Gasteiger partial charge is 0.250 e. The van der Waals surface area contributed by atoms with Crippen LogP contribution < -0.4 is 10.5 Å². The number of nitrogens with zero attached hydrogens (tertiary/aromatic N) is 1. The van der Waals surface area contributed by atoms with Gasteiger partial charge in [0.25, 0.3) is 0 Å². The zero-order valence-corrected chi connectivity index (χ0v) is 12.8. The monoisotopic (exact) mass is 303 g/mol. The molecule has 1 atom stereocenters. The van der Waals surface area contributed by atoms with E-state index in [9.17, 15) is 8.42 Å². The molecule has 1 aromatic rings. The average Bonchev–Trinajstić information content (AvgIpc) is 2.87. The van der Waals surface area contributed by atoms with E-state index in [1.807, 2.05) is 0 Å². The lowest BCUT2D eigenvalue weighted by molar-refractivity contribution is 0.187. The van der Waals surface area contributed by atoms with Crippen molar-refractivity contribution in [2.24, 2.45) is 5.73 Å². The SMILES string of the molecule is CN1CCCCC1CNS(=O)(=O)c1ccc(CN)s1. The van der Waals surface area contributed by atoms with Crippen LogP contribution in [0.1, 0.15) is 24.1 Å². The van der Waals surface area contributed by atoms with E-state index in [0.717, 1.165) is 17.8 Å². The zero-order chi connectivity index (χ0) is 13.9. The van der Waals surface area contributed by atoms with Gasteiger partial charge in [-0.25, -0.2) is 13.1 Å². The van der Waals surface area contributed by atoms with E-state index in [0.29, 0.717) is 23.3 Å². The van der Waals surface area contributed by atoms with Crippen LogP contribution in [-0.4, -0.2) is 39.5 Å². The molecule has 0 spiro atoms. The lowest BCUT2D eigenvalue weighted by Gasteiger charge is -2.32. The third-order valence-electron chi connectivity index (χ3n) is 3.53. The molecule has 1 saturated heterocycles. The van der Waals surface area contributed by atoms with E-state index in [2.05, 4.69) is 16.7 Å². The molecule has 5 nitrogen and oxygen atoms in total. The van der Waals surface area contributed by atoms with Crippen LogP contribution in [0.3, 0.4) is 0 Å². The lowest BCUT2D eigenvalue weighted by Crippen LogP contribution is -2.44. The predicted molar refractivity (Wildman–Crippen MR) is 77.7 cm³/mol. The predicted octanol–water partition coefficient (Wildman–Crippen LogP) is 0.969. The summed E-state index contributed by atoms with van der Waals surface area (Å²) in [6, 6.07) is 3.70. The molecule has 0 radical (unpaired) electrons. The Morgan fingerprint density at radius 2 is 2.26 bits per heavy atom. The second-order valence-electron chi connectivity index (χ2n) is 4.91. The van der Waals surface area contributed by atoms with E-state index in [-0.39, 0.29) is 0 Å². The number of nitrogens with two attached hydrogens (primary N) is 1. The van der Waals surface area contributed by atoms with Crippen LogP contribution in [0, 0.1) is 0 Å². The van der Waals surface area contributed by atoms with Gasteiger partial charge in [0.2, 0.25) is 10.0 Å². The molecular formula is C12H21N3O2S2.